The molecule has 8 heteroatoms. The van der Waals surface area contributed by atoms with E-state index in [2.05, 4.69) is 44.7 Å². The number of ether oxygens (including phenoxy) is 2. The van der Waals surface area contributed by atoms with Crippen molar-refractivity contribution in [3.63, 3.8) is 0 Å². The lowest BCUT2D eigenvalue weighted by atomic mass is 10.1. The molecule has 8 nitrogen and oxygen atoms in total. The predicted octanol–water partition coefficient (Wildman–Crippen LogP) is 2.36. The van der Waals surface area contributed by atoms with E-state index in [1.807, 2.05) is 18.2 Å². The van der Waals surface area contributed by atoms with Gasteiger partial charge in [0.05, 0.1) is 5.56 Å². The maximum Gasteiger partial charge on any atom is 0.253 e. The molecule has 0 saturated carbocycles. The Balaban J connectivity index is 1.69. The van der Waals surface area contributed by atoms with Gasteiger partial charge in [0.15, 0.2) is 0 Å². The third-order valence-corrected chi connectivity index (χ3v) is 5.57. The molecule has 0 bridgehead atoms. The monoisotopic (exact) mass is 454 g/mol. The number of hydrogen-bond donors (Lipinski definition) is 2. The van der Waals surface area contributed by atoms with E-state index in [1.54, 1.807) is 13.2 Å². The van der Waals surface area contributed by atoms with Crippen molar-refractivity contribution < 1.29 is 19.1 Å². The summed E-state index contributed by atoms with van der Waals surface area (Å²) < 4.78 is 9.95. The number of benzene rings is 2. The lowest BCUT2D eigenvalue weighted by molar-refractivity contribution is -0.119. The van der Waals surface area contributed by atoms with Crippen molar-refractivity contribution in [2.75, 3.05) is 70.4 Å². The molecule has 0 aromatic heterocycles. The van der Waals surface area contributed by atoms with Crippen LogP contribution in [0.2, 0.25) is 0 Å². The Morgan fingerprint density at radius 1 is 0.970 bits per heavy atom. The number of nitrogens with zero attached hydrogens (tertiary/aromatic N) is 2. The van der Waals surface area contributed by atoms with Gasteiger partial charge >= 0.3 is 0 Å². The molecule has 2 amide bonds. The Morgan fingerprint density at radius 3 is 2.42 bits per heavy atom. The highest BCUT2D eigenvalue weighted by Gasteiger charge is 2.22. The number of hydrogen-bond acceptors (Lipinski definition) is 6. The van der Waals surface area contributed by atoms with E-state index in [9.17, 15) is 9.59 Å². The molecular formula is C25H34N4O4. The molecule has 1 aliphatic rings. The van der Waals surface area contributed by atoms with Gasteiger partial charge in [-0.05, 0) is 30.2 Å². The SMILES string of the molecule is COCCCNC(=O)c1cc(NC(=O)COC)ccc1N1CCN(Cc2ccccc2)CC1. The molecule has 2 aromatic carbocycles. The molecule has 1 saturated heterocycles. The van der Waals surface area contributed by atoms with Gasteiger partial charge in [0.1, 0.15) is 6.61 Å². The van der Waals surface area contributed by atoms with Crippen molar-refractivity contribution in [2.45, 2.75) is 13.0 Å². The van der Waals surface area contributed by atoms with Crippen LogP contribution in [-0.2, 0) is 20.8 Å². The molecule has 0 atom stereocenters. The number of methoxy groups -OCH3 is 2. The summed E-state index contributed by atoms with van der Waals surface area (Å²) in [6.45, 7) is 5.47. The van der Waals surface area contributed by atoms with Crippen molar-refractivity contribution in [3.05, 3.63) is 59.7 Å². The van der Waals surface area contributed by atoms with E-state index in [0.717, 1.165) is 44.8 Å². The van der Waals surface area contributed by atoms with Crippen molar-refractivity contribution in [2.24, 2.45) is 0 Å². The molecule has 1 aliphatic heterocycles. The standard InChI is InChI=1S/C25H34N4O4/c1-32-16-6-11-26-25(31)22-17-21(27-24(30)19-33-2)9-10-23(22)29-14-12-28(13-15-29)18-20-7-4-3-5-8-20/h3-5,7-10,17H,6,11-16,18-19H2,1-2H3,(H,26,31)(H,27,30). The van der Waals surface area contributed by atoms with E-state index in [-0.39, 0.29) is 18.4 Å². The molecule has 3 rings (SSSR count). The molecule has 0 radical (unpaired) electrons. The third kappa shape index (κ3) is 7.56. The highest BCUT2D eigenvalue weighted by molar-refractivity contribution is 6.02. The Morgan fingerprint density at radius 2 is 1.73 bits per heavy atom. The van der Waals surface area contributed by atoms with Crippen LogP contribution in [0.1, 0.15) is 22.3 Å². The van der Waals surface area contributed by atoms with Crippen molar-refractivity contribution in [1.29, 1.82) is 0 Å². The normalized spacial score (nSPS) is 14.2. The minimum atomic E-state index is -0.258. The lowest BCUT2D eigenvalue weighted by Crippen LogP contribution is -2.46. The third-order valence-electron chi connectivity index (χ3n) is 5.57. The maximum atomic E-state index is 13.0. The largest absolute Gasteiger partial charge is 0.385 e. The Bertz CT molecular complexity index is 899. The number of rotatable bonds is 11. The summed E-state index contributed by atoms with van der Waals surface area (Å²) in [5.41, 5.74) is 3.31. The van der Waals surface area contributed by atoms with E-state index in [1.165, 1.54) is 12.7 Å². The fourth-order valence-corrected chi connectivity index (χ4v) is 3.90. The van der Waals surface area contributed by atoms with Crippen LogP contribution in [-0.4, -0.2) is 76.9 Å². The van der Waals surface area contributed by atoms with Crippen molar-refractivity contribution >= 4 is 23.2 Å². The Hall–Kier alpha value is -2.94. The summed E-state index contributed by atoms with van der Waals surface area (Å²) in [5.74, 6) is -0.415. The second-order valence-corrected chi connectivity index (χ2v) is 8.06. The van der Waals surface area contributed by atoms with Gasteiger partial charge in [-0.25, -0.2) is 0 Å². The zero-order valence-corrected chi connectivity index (χ0v) is 19.5. The van der Waals surface area contributed by atoms with Gasteiger partial charge in [-0.2, -0.15) is 0 Å². The summed E-state index contributed by atoms with van der Waals surface area (Å²) in [7, 11) is 3.11. The average molecular weight is 455 g/mol. The fraction of sp³-hybridized carbons (Fsp3) is 0.440. The second-order valence-electron chi connectivity index (χ2n) is 8.06. The molecule has 1 heterocycles. The van der Waals surface area contributed by atoms with E-state index >= 15 is 0 Å². The van der Waals surface area contributed by atoms with Gasteiger partial charge in [-0.3, -0.25) is 14.5 Å². The van der Waals surface area contributed by atoms with Crippen LogP contribution in [0.25, 0.3) is 0 Å². The first-order valence-corrected chi connectivity index (χ1v) is 11.3. The maximum absolute atomic E-state index is 13.0. The number of carbonyl (C=O) groups excluding carboxylic acids is 2. The summed E-state index contributed by atoms with van der Waals surface area (Å²) >= 11 is 0. The zero-order valence-electron chi connectivity index (χ0n) is 19.5. The zero-order chi connectivity index (χ0) is 23.5. The van der Waals surface area contributed by atoms with Gasteiger partial charge in [0, 0.05) is 71.5 Å². The van der Waals surface area contributed by atoms with Crippen LogP contribution in [0, 0.1) is 0 Å². The predicted molar refractivity (Wildman–Crippen MR) is 130 cm³/mol. The number of piperazine rings is 1. The number of nitrogens with one attached hydrogen (secondary N) is 2. The number of amides is 2. The quantitative estimate of drug-likeness (QED) is 0.507. The molecule has 0 unspecified atom stereocenters. The molecule has 0 aliphatic carbocycles. The topological polar surface area (TPSA) is 83.1 Å². The molecule has 2 N–H and O–H groups in total. The van der Waals surface area contributed by atoms with Crippen LogP contribution in [0.5, 0.6) is 0 Å². The second kappa shape index (κ2) is 12.9. The van der Waals surface area contributed by atoms with Crippen LogP contribution in [0.4, 0.5) is 11.4 Å². The minimum absolute atomic E-state index is 0.0380. The molecule has 1 fully saturated rings. The van der Waals surface area contributed by atoms with Crippen LogP contribution < -0.4 is 15.5 Å². The van der Waals surface area contributed by atoms with Gasteiger partial charge in [-0.15, -0.1) is 0 Å². The summed E-state index contributed by atoms with van der Waals surface area (Å²) in [4.78, 5) is 29.6. The first-order valence-electron chi connectivity index (χ1n) is 11.3. The number of anilines is 2. The minimum Gasteiger partial charge on any atom is -0.385 e. The van der Waals surface area contributed by atoms with E-state index in [4.69, 9.17) is 9.47 Å². The molecule has 178 valence electrons. The van der Waals surface area contributed by atoms with Gasteiger partial charge in [0.25, 0.3) is 5.91 Å². The molecular weight excluding hydrogens is 420 g/mol. The Labute approximate surface area is 195 Å². The smallest absolute Gasteiger partial charge is 0.253 e. The van der Waals surface area contributed by atoms with E-state index < -0.39 is 0 Å². The van der Waals surface area contributed by atoms with Crippen molar-refractivity contribution in [3.8, 4) is 0 Å². The fourth-order valence-electron chi connectivity index (χ4n) is 3.90. The van der Waals surface area contributed by atoms with E-state index in [0.29, 0.717) is 24.4 Å². The summed E-state index contributed by atoms with van der Waals surface area (Å²) in [5, 5.41) is 5.76. The highest BCUT2D eigenvalue weighted by atomic mass is 16.5. The Kier molecular flexibility index (Phi) is 9.68. The van der Waals surface area contributed by atoms with Crippen LogP contribution >= 0.6 is 0 Å². The van der Waals surface area contributed by atoms with Crippen molar-refractivity contribution in [1.82, 2.24) is 10.2 Å². The van der Waals surface area contributed by atoms with Gasteiger partial charge < -0.3 is 25.0 Å². The molecule has 2 aromatic rings. The average Bonchev–Trinajstić information content (AvgIpc) is 2.83. The first-order chi connectivity index (χ1) is 16.1. The summed E-state index contributed by atoms with van der Waals surface area (Å²) in [6.07, 6.45) is 0.736. The van der Waals surface area contributed by atoms with Gasteiger partial charge in [0.2, 0.25) is 5.91 Å². The van der Waals surface area contributed by atoms with Crippen LogP contribution in [0.3, 0.4) is 0 Å². The lowest BCUT2D eigenvalue weighted by Gasteiger charge is -2.37. The number of carbonyl (C=O) groups is 2. The molecule has 33 heavy (non-hydrogen) atoms. The van der Waals surface area contributed by atoms with Gasteiger partial charge in [-0.1, -0.05) is 30.3 Å². The first kappa shape index (κ1) is 24.7. The highest BCUT2D eigenvalue weighted by Crippen LogP contribution is 2.26. The van der Waals surface area contributed by atoms with Crippen LogP contribution in [0.15, 0.2) is 48.5 Å². The molecule has 0 spiro atoms. The summed E-state index contributed by atoms with van der Waals surface area (Å²) in [6, 6.07) is 16.0.